The molecule has 7 nitrogen and oxygen atoms in total. The summed E-state index contributed by atoms with van der Waals surface area (Å²) in [7, 11) is 0. The Kier molecular flexibility index (Phi) is 8.91. The number of aromatic nitrogens is 1. The summed E-state index contributed by atoms with van der Waals surface area (Å²) >= 11 is 0. The van der Waals surface area contributed by atoms with E-state index in [0.717, 1.165) is 56.8 Å². The van der Waals surface area contributed by atoms with E-state index in [0.29, 0.717) is 23.7 Å². The van der Waals surface area contributed by atoms with Crippen LogP contribution in [0.25, 0.3) is 0 Å². The second kappa shape index (κ2) is 12.5. The zero-order chi connectivity index (χ0) is 36.2. The van der Waals surface area contributed by atoms with Gasteiger partial charge in [-0.1, -0.05) is 6.07 Å². The van der Waals surface area contributed by atoms with Crippen LogP contribution in [-0.2, 0) is 16.1 Å². The number of carbonyl (C=O) groups is 1. The quantitative estimate of drug-likeness (QED) is 0.206. The van der Waals surface area contributed by atoms with Gasteiger partial charge in [-0.15, -0.1) is 0 Å². The Morgan fingerprint density at radius 2 is 1.60 bits per heavy atom. The normalized spacial score (nSPS) is 26.4. The fourth-order valence-corrected chi connectivity index (χ4v) is 7.71. The smallest absolute Gasteiger partial charge is 0.417 e. The van der Waals surface area contributed by atoms with E-state index in [-0.39, 0.29) is 16.4 Å². The highest BCUT2D eigenvalue weighted by Gasteiger charge is 2.63. The molecule has 0 unspecified atom stereocenters. The lowest BCUT2D eigenvalue weighted by molar-refractivity contribution is -0.295. The van der Waals surface area contributed by atoms with Gasteiger partial charge in [0.05, 0.1) is 0 Å². The molecule has 1 aromatic heterocycles. The van der Waals surface area contributed by atoms with Gasteiger partial charge in [0.15, 0.2) is 11.2 Å². The minimum Gasteiger partial charge on any atom is -0.473 e. The SMILES string of the molecule is CC(C)(C#N)Oc1ccc(Nc2cccc(N(CC34CCC(c5ccc(C(C)(F)F)cn5)(CC3)CC4)C(=O)C3CC(O)(C(F)(F)F)C3)c2)cc1. The van der Waals surface area contributed by atoms with E-state index in [1.807, 2.05) is 6.07 Å². The molecule has 50 heavy (non-hydrogen) atoms. The van der Waals surface area contributed by atoms with Crippen LogP contribution in [0.15, 0.2) is 66.9 Å². The monoisotopic (exact) mass is 696 g/mol. The molecule has 2 N–H and O–H groups in total. The lowest BCUT2D eigenvalue weighted by atomic mass is 9.52. The summed E-state index contributed by atoms with van der Waals surface area (Å²) < 4.78 is 74.0. The molecular formula is C38H41F5N4O3. The van der Waals surface area contributed by atoms with Crippen molar-refractivity contribution in [3.63, 3.8) is 0 Å². The summed E-state index contributed by atoms with van der Waals surface area (Å²) in [5.41, 5.74) is -1.84. The Labute approximate surface area is 288 Å². The van der Waals surface area contributed by atoms with Crippen LogP contribution >= 0.6 is 0 Å². The summed E-state index contributed by atoms with van der Waals surface area (Å²) in [6.07, 6.45) is -0.429. The highest BCUT2D eigenvalue weighted by molar-refractivity contribution is 5.96. The van der Waals surface area contributed by atoms with E-state index in [1.54, 1.807) is 67.3 Å². The molecule has 0 saturated heterocycles. The average Bonchev–Trinajstić information content (AvgIpc) is 3.06. The largest absolute Gasteiger partial charge is 0.473 e. The first-order valence-corrected chi connectivity index (χ1v) is 16.9. The molecule has 2 aromatic carbocycles. The molecular weight excluding hydrogens is 655 g/mol. The van der Waals surface area contributed by atoms with E-state index in [4.69, 9.17) is 4.74 Å². The number of amides is 1. The number of nitriles is 1. The number of fused-ring (bicyclic) bond motifs is 3. The number of aliphatic hydroxyl groups is 1. The minimum atomic E-state index is -4.82. The predicted octanol–water partition coefficient (Wildman–Crippen LogP) is 8.95. The first-order valence-electron chi connectivity index (χ1n) is 16.9. The van der Waals surface area contributed by atoms with Gasteiger partial charge >= 0.3 is 6.18 Å². The number of benzene rings is 2. The Morgan fingerprint density at radius 1 is 0.960 bits per heavy atom. The van der Waals surface area contributed by atoms with Gasteiger partial charge in [-0.25, -0.2) is 8.78 Å². The van der Waals surface area contributed by atoms with E-state index in [2.05, 4.69) is 16.4 Å². The standard InChI is InChI=1S/C38H41F5N4O3/c1-33(2,23-44)50-30-10-8-27(9-11-30)46-28-5-4-6-29(19-28)47(32(48)25-20-37(49,21-25)38(41,42)43)24-35-13-16-36(17-14-35,18-15-35)31-12-7-26(22-45-31)34(3,39)40/h4-12,19,22,25,46,49H,13-18,20-21,24H2,1-3H3. The van der Waals surface area contributed by atoms with Crippen LogP contribution in [0.1, 0.15) is 83.4 Å². The van der Waals surface area contributed by atoms with Crippen LogP contribution in [0, 0.1) is 22.7 Å². The molecule has 4 aliphatic rings. The number of pyridine rings is 1. The summed E-state index contributed by atoms with van der Waals surface area (Å²) in [4.78, 5) is 20.1. The van der Waals surface area contributed by atoms with Crippen LogP contribution in [0.2, 0.25) is 0 Å². The molecule has 4 fully saturated rings. The van der Waals surface area contributed by atoms with Crippen molar-refractivity contribution < 1.29 is 36.6 Å². The third-order valence-electron chi connectivity index (χ3n) is 11.0. The maximum Gasteiger partial charge on any atom is 0.417 e. The lowest BCUT2D eigenvalue weighted by Gasteiger charge is -2.55. The van der Waals surface area contributed by atoms with Crippen LogP contribution in [0.5, 0.6) is 5.75 Å². The number of nitrogens with zero attached hydrogens (tertiary/aromatic N) is 3. The van der Waals surface area contributed by atoms with Gasteiger partial charge in [0.2, 0.25) is 5.91 Å². The van der Waals surface area contributed by atoms with Crippen molar-refractivity contribution in [3.05, 3.63) is 78.1 Å². The summed E-state index contributed by atoms with van der Waals surface area (Å²) in [6, 6.07) is 19.4. The summed E-state index contributed by atoms with van der Waals surface area (Å²) in [6.45, 7) is 4.47. The van der Waals surface area contributed by atoms with Crippen LogP contribution < -0.4 is 15.0 Å². The minimum absolute atomic E-state index is 0.136. The highest BCUT2D eigenvalue weighted by Crippen LogP contribution is 2.58. The second-order valence-electron chi connectivity index (χ2n) is 15.1. The summed E-state index contributed by atoms with van der Waals surface area (Å²) in [5.74, 6) is -3.89. The number of rotatable bonds is 10. The van der Waals surface area contributed by atoms with E-state index in [1.165, 1.54) is 12.3 Å². The van der Waals surface area contributed by atoms with Crippen molar-refractivity contribution in [2.45, 2.75) is 101 Å². The van der Waals surface area contributed by atoms with Gasteiger partial charge in [0.25, 0.3) is 5.92 Å². The van der Waals surface area contributed by atoms with Gasteiger partial charge in [-0.3, -0.25) is 9.78 Å². The van der Waals surface area contributed by atoms with Crippen molar-refractivity contribution in [1.29, 1.82) is 5.26 Å². The number of anilines is 3. The molecule has 266 valence electrons. The molecule has 4 aliphatic carbocycles. The molecule has 3 aromatic rings. The molecule has 0 radical (unpaired) electrons. The number of hydrogen-bond donors (Lipinski definition) is 2. The average molecular weight is 697 g/mol. The zero-order valence-corrected chi connectivity index (χ0v) is 28.3. The predicted molar refractivity (Wildman–Crippen MR) is 178 cm³/mol. The number of carbonyl (C=O) groups excluding carboxylic acids is 1. The zero-order valence-electron chi connectivity index (χ0n) is 28.3. The number of halogens is 5. The van der Waals surface area contributed by atoms with Crippen molar-refractivity contribution in [2.24, 2.45) is 11.3 Å². The number of alkyl halides is 5. The molecule has 4 saturated carbocycles. The number of hydrogen-bond acceptors (Lipinski definition) is 6. The van der Waals surface area contributed by atoms with Crippen molar-refractivity contribution in [3.8, 4) is 11.8 Å². The molecule has 1 heterocycles. The maximum absolute atomic E-state index is 14.0. The molecule has 1 amide bonds. The molecule has 0 aliphatic heterocycles. The van der Waals surface area contributed by atoms with Crippen molar-refractivity contribution >= 4 is 23.0 Å². The summed E-state index contributed by atoms with van der Waals surface area (Å²) in [5, 5.41) is 22.7. The molecule has 0 spiro atoms. The van der Waals surface area contributed by atoms with Gasteiger partial charge in [-0.2, -0.15) is 18.4 Å². The fraction of sp³-hybridized carbons (Fsp3) is 0.500. The van der Waals surface area contributed by atoms with Crippen LogP contribution in [-0.4, -0.2) is 39.9 Å². The van der Waals surface area contributed by atoms with E-state index in [9.17, 15) is 37.1 Å². The molecule has 2 bridgehead atoms. The highest BCUT2D eigenvalue weighted by atomic mass is 19.4. The van der Waals surface area contributed by atoms with E-state index < -0.39 is 48.0 Å². The van der Waals surface area contributed by atoms with Gasteiger partial charge in [-0.05, 0) is 125 Å². The Bertz CT molecular complexity index is 1730. The van der Waals surface area contributed by atoms with E-state index >= 15 is 0 Å². The fourth-order valence-electron chi connectivity index (χ4n) is 7.71. The van der Waals surface area contributed by atoms with Crippen LogP contribution in [0.3, 0.4) is 0 Å². The Hall–Kier alpha value is -4.24. The van der Waals surface area contributed by atoms with Gasteiger partial charge in [0, 0.05) is 59.3 Å². The van der Waals surface area contributed by atoms with Gasteiger partial charge < -0.3 is 20.1 Å². The number of ether oxygens (including phenoxy) is 1. The third kappa shape index (κ3) is 7.02. The van der Waals surface area contributed by atoms with Gasteiger partial charge in [0.1, 0.15) is 11.8 Å². The first-order chi connectivity index (χ1) is 23.3. The Morgan fingerprint density at radius 3 is 2.14 bits per heavy atom. The molecule has 7 rings (SSSR count). The first kappa shape index (κ1) is 35.6. The second-order valence-corrected chi connectivity index (χ2v) is 15.1. The lowest BCUT2D eigenvalue weighted by Crippen LogP contribution is -2.60. The third-order valence-corrected chi connectivity index (χ3v) is 11.0. The van der Waals surface area contributed by atoms with Crippen LogP contribution in [0.4, 0.5) is 39.0 Å². The molecule has 0 atom stereocenters. The van der Waals surface area contributed by atoms with Crippen molar-refractivity contribution in [2.75, 3.05) is 16.8 Å². The van der Waals surface area contributed by atoms with Crippen molar-refractivity contribution in [1.82, 2.24) is 4.98 Å². The molecule has 12 heteroatoms. The Balaban J connectivity index is 1.22. The number of nitrogens with one attached hydrogen (secondary N) is 1. The maximum atomic E-state index is 14.0. The topological polar surface area (TPSA) is 98.5 Å².